The summed E-state index contributed by atoms with van der Waals surface area (Å²) in [6, 6.07) is 16.2. The van der Waals surface area contributed by atoms with E-state index in [0.717, 1.165) is 17.0 Å². The smallest absolute Gasteiger partial charge is 0.249 e. The molecule has 0 saturated carbocycles. The van der Waals surface area contributed by atoms with Crippen molar-refractivity contribution in [3.8, 4) is 5.75 Å². The van der Waals surface area contributed by atoms with E-state index in [9.17, 15) is 9.59 Å². The van der Waals surface area contributed by atoms with Crippen molar-refractivity contribution in [3.63, 3.8) is 0 Å². The Morgan fingerprint density at radius 3 is 2.25 bits per heavy atom. The highest BCUT2D eigenvalue weighted by Crippen LogP contribution is 2.19. The zero-order chi connectivity index (χ0) is 17.5. The fourth-order valence-electron chi connectivity index (χ4n) is 2.46. The van der Waals surface area contributed by atoms with Gasteiger partial charge in [-0.1, -0.05) is 30.3 Å². The predicted molar refractivity (Wildman–Crippen MR) is 94.2 cm³/mol. The van der Waals surface area contributed by atoms with Gasteiger partial charge in [-0.05, 0) is 29.8 Å². The summed E-state index contributed by atoms with van der Waals surface area (Å²) in [4.78, 5) is 25.9. The van der Waals surface area contributed by atoms with Gasteiger partial charge in [0.1, 0.15) is 11.8 Å². The van der Waals surface area contributed by atoms with Crippen LogP contribution in [0.5, 0.6) is 5.75 Å². The Bertz CT molecular complexity index is 684. The minimum absolute atomic E-state index is 0.167. The van der Waals surface area contributed by atoms with Crippen LogP contribution in [0, 0.1) is 0 Å². The molecular formula is C19H22N2O3. The van der Waals surface area contributed by atoms with Gasteiger partial charge < -0.3 is 15.0 Å². The number of hydrogen-bond acceptors (Lipinski definition) is 3. The molecule has 0 radical (unpaired) electrons. The van der Waals surface area contributed by atoms with Gasteiger partial charge in [-0.25, -0.2) is 0 Å². The molecule has 2 aromatic rings. The van der Waals surface area contributed by atoms with Crippen LogP contribution in [-0.4, -0.2) is 32.0 Å². The molecule has 5 heteroatoms. The Balaban J connectivity index is 2.17. The number of hydrogen-bond donors (Lipinski definition) is 1. The fraction of sp³-hybridized carbons (Fsp3) is 0.263. The number of ether oxygens (including phenoxy) is 1. The molecule has 2 rings (SSSR count). The average Bonchev–Trinajstić information content (AvgIpc) is 2.60. The number of benzene rings is 2. The summed E-state index contributed by atoms with van der Waals surface area (Å²) in [5, 5.41) is 2.75. The predicted octanol–water partition coefficient (Wildman–Crippen LogP) is 2.41. The van der Waals surface area contributed by atoms with Crippen molar-refractivity contribution in [2.45, 2.75) is 19.4 Å². The zero-order valence-corrected chi connectivity index (χ0v) is 14.2. The van der Waals surface area contributed by atoms with Crippen LogP contribution in [0.3, 0.4) is 0 Å². The number of anilines is 1. The van der Waals surface area contributed by atoms with E-state index in [0.29, 0.717) is 6.42 Å². The SMILES string of the molecule is COc1ccc(N(C)C(=O)[C@H](Cc2ccccc2)NC(C)=O)cc1. The van der Waals surface area contributed by atoms with E-state index in [1.54, 1.807) is 31.2 Å². The van der Waals surface area contributed by atoms with Crippen LogP contribution < -0.4 is 15.0 Å². The van der Waals surface area contributed by atoms with E-state index in [1.165, 1.54) is 6.92 Å². The molecule has 1 N–H and O–H groups in total. The van der Waals surface area contributed by atoms with Crippen molar-refractivity contribution in [2.24, 2.45) is 0 Å². The number of nitrogens with zero attached hydrogens (tertiary/aromatic N) is 1. The number of amides is 2. The van der Waals surface area contributed by atoms with Gasteiger partial charge in [0.2, 0.25) is 11.8 Å². The van der Waals surface area contributed by atoms with Crippen LogP contribution in [0.2, 0.25) is 0 Å². The second-order valence-electron chi connectivity index (χ2n) is 5.54. The lowest BCUT2D eigenvalue weighted by atomic mass is 10.0. The molecule has 0 unspecified atom stereocenters. The van der Waals surface area contributed by atoms with E-state index < -0.39 is 6.04 Å². The number of carbonyl (C=O) groups excluding carboxylic acids is 2. The van der Waals surface area contributed by atoms with Crippen LogP contribution in [0.4, 0.5) is 5.69 Å². The molecule has 2 amide bonds. The molecule has 126 valence electrons. The first-order valence-corrected chi connectivity index (χ1v) is 7.74. The second kappa shape index (κ2) is 8.15. The van der Waals surface area contributed by atoms with Gasteiger partial charge in [0.15, 0.2) is 0 Å². The van der Waals surface area contributed by atoms with Crippen molar-refractivity contribution < 1.29 is 14.3 Å². The molecule has 0 heterocycles. The minimum atomic E-state index is -0.614. The molecule has 0 fully saturated rings. The highest BCUT2D eigenvalue weighted by atomic mass is 16.5. The maximum absolute atomic E-state index is 12.8. The van der Waals surface area contributed by atoms with E-state index in [4.69, 9.17) is 4.74 Å². The lowest BCUT2D eigenvalue weighted by molar-refractivity contribution is -0.126. The van der Waals surface area contributed by atoms with Gasteiger partial charge in [0.05, 0.1) is 7.11 Å². The van der Waals surface area contributed by atoms with Gasteiger partial charge >= 0.3 is 0 Å². The van der Waals surface area contributed by atoms with E-state index in [2.05, 4.69) is 5.32 Å². The molecule has 5 nitrogen and oxygen atoms in total. The third kappa shape index (κ3) is 4.59. The Labute approximate surface area is 142 Å². The summed E-state index contributed by atoms with van der Waals surface area (Å²) in [6.45, 7) is 1.42. The van der Waals surface area contributed by atoms with Crippen LogP contribution >= 0.6 is 0 Å². The molecule has 1 atom stereocenters. The monoisotopic (exact) mass is 326 g/mol. The first-order valence-electron chi connectivity index (χ1n) is 7.74. The molecular weight excluding hydrogens is 304 g/mol. The van der Waals surface area contributed by atoms with E-state index >= 15 is 0 Å². The summed E-state index contributed by atoms with van der Waals surface area (Å²) in [5.74, 6) is 0.328. The molecule has 0 aliphatic rings. The minimum Gasteiger partial charge on any atom is -0.497 e. The first kappa shape index (κ1) is 17.5. The molecule has 0 spiro atoms. The van der Waals surface area contributed by atoms with Gasteiger partial charge in [0.25, 0.3) is 0 Å². The standard InChI is InChI=1S/C19H22N2O3/c1-14(22)20-18(13-15-7-5-4-6-8-15)19(23)21(2)16-9-11-17(24-3)12-10-16/h4-12,18H,13H2,1-3H3,(H,20,22)/t18-/m0/s1. The zero-order valence-electron chi connectivity index (χ0n) is 14.2. The summed E-state index contributed by atoms with van der Waals surface area (Å²) in [5.41, 5.74) is 1.73. The fourth-order valence-corrected chi connectivity index (χ4v) is 2.46. The van der Waals surface area contributed by atoms with Crippen molar-refractivity contribution in [1.29, 1.82) is 0 Å². The van der Waals surface area contributed by atoms with Gasteiger partial charge in [-0.2, -0.15) is 0 Å². The number of methoxy groups -OCH3 is 1. The third-order valence-corrected chi connectivity index (χ3v) is 3.75. The number of carbonyl (C=O) groups is 2. The molecule has 0 saturated heterocycles. The topological polar surface area (TPSA) is 58.6 Å². The number of likely N-dealkylation sites (N-methyl/N-ethyl adjacent to an activating group) is 1. The molecule has 2 aromatic carbocycles. The van der Waals surface area contributed by atoms with E-state index in [1.807, 2.05) is 42.5 Å². The first-order chi connectivity index (χ1) is 11.5. The highest BCUT2D eigenvalue weighted by molar-refractivity contribution is 5.98. The lowest BCUT2D eigenvalue weighted by Crippen LogP contribution is -2.48. The highest BCUT2D eigenvalue weighted by Gasteiger charge is 2.24. The Hall–Kier alpha value is -2.82. The van der Waals surface area contributed by atoms with E-state index in [-0.39, 0.29) is 11.8 Å². The second-order valence-corrected chi connectivity index (χ2v) is 5.54. The van der Waals surface area contributed by atoms with Crippen LogP contribution in [0.1, 0.15) is 12.5 Å². The number of nitrogens with one attached hydrogen (secondary N) is 1. The van der Waals surface area contributed by atoms with Gasteiger partial charge in [-0.3, -0.25) is 9.59 Å². The van der Waals surface area contributed by atoms with Crippen molar-refractivity contribution >= 4 is 17.5 Å². The molecule has 0 aliphatic heterocycles. The molecule has 0 aromatic heterocycles. The Kier molecular flexibility index (Phi) is 5.95. The van der Waals surface area contributed by atoms with Crippen LogP contribution in [0.15, 0.2) is 54.6 Å². The summed E-state index contributed by atoms with van der Waals surface area (Å²) in [6.07, 6.45) is 0.444. The summed E-state index contributed by atoms with van der Waals surface area (Å²) >= 11 is 0. The number of rotatable bonds is 6. The molecule has 0 bridgehead atoms. The molecule has 0 aliphatic carbocycles. The Morgan fingerprint density at radius 2 is 1.71 bits per heavy atom. The van der Waals surface area contributed by atoms with Crippen molar-refractivity contribution in [1.82, 2.24) is 5.32 Å². The normalized spacial score (nSPS) is 11.5. The molecule has 24 heavy (non-hydrogen) atoms. The lowest BCUT2D eigenvalue weighted by Gasteiger charge is -2.24. The largest absolute Gasteiger partial charge is 0.497 e. The van der Waals surface area contributed by atoms with Crippen molar-refractivity contribution in [2.75, 3.05) is 19.1 Å². The Morgan fingerprint density at radius 1 is 1.08 bits per heavy atom. The summed E-state index contributed by atoms with van der Waals surface area (Å²) in [7, 11) is 3.29. The van der Waals surface area contributed by atoms with Crippen molar-refractivity contribution in [3.05, 3.63) is 60.2 Å². The van der Waals surface area contributed by atoms with Crippen LogP contribution in [0.25, 0.3) is 0 Å². The third-order valence-electron chi connectivity index (χ3n) is 3.75. The average molecular weight is 326 g/mol. The maximum atomic E-state index is 12.8. The van der Waals surface area contributed by atoms with Crippen LogP contribution in [-0.2, 0) is 16.0 Å². The maximum Gasteiger partial charge on any atom is 0.249 e. The van der Waals surface area contributed by atoms with Gasteiger partial charge in [-0.15, -0.1) is 0 Å². The quantitative estimate of drug-likeness (QED) is 0.887. The summed E-state index contributed by atoms with van der Waals surface area (Å²) < 4.78 is 5.13. The van der Waals surface area contributed by atoms with Gasteiger partial charge in [0, 0.05) is 26.1 Å².